The molecule has 0 aromatic heterocycles. The molecule has 0 unspecified atom stereocenters. The van der Waals surface area contributed by atoms with Gasteiger partial charge in [-0.2, -0.15) is 0 Å². The van der Waals surface area contributed by atoms with E-state index >= 15 is 0 Å². The second-order valence-corrected chi connectivity index (χ2v) is 3.57. The van der Waals surface area contributed by atoms with Gasteiger partial charge in [-0.15, -0.1) is 0 Å². The molecule has 0 saturated heterocycles. The number of carbonyl (C=O) groups excluding carboxylic acids is 1. The Balaban J connectivity index is 3.38. The molecule has 3 heteroatoms. The van der Waals surface area contributed by atoms with Gasteiger partial charge in [0.05, 0.1) is 0 Å². The van der Waals surface area contributed by atoms with Crippen molar-refractivity contribution in [2.45, 2.75) is 19.8 Å². The predicted molar refractivity (Wildman–Crippen MR) is 50.9 cm³/mol. The van der Waals surface area contributed by atoms with Crippen LogP contribution < -0.4 is 0 Å². The molecule has 0 radical (unpaired) electrons. The van der Waals surface area contributed by atoms with E-state index in [4.69, 9.17) is 11.6 Å². The number of aldehydes is 1. The Morgan fingerprint density at radius 1 is 1.46 bits per heavy atom. The fourth-order valence-electron chi connectivity index (χ4n) is 1.31. The van der Waals surface area contributed by atoms with Crippen molar-refractivity contribution in [1.82, 2.24) is 0 Å². The molecule has 0 aliphatic carbocycles. The molecule has 1 aromatic rings. The SMILES string of the molecule is CC(C)c1c(Cl)cc(F)cc1C=O. The van der Waals surface area contributed by atoms with E-state index in [0.29, 0.717) is 22.4 Å². The van der Waals surface area contributed by atoms with Crippen molar-refractivity contribution in [2.75, 3.05) is 0 Å². The lowest BCUT2D eigenvalue weighted by molar-refractivity contribution is 0.112. The van der Waals surface area contributed by atoms with Crippen LogP contribution in [0.4, 0.5) is 4.39 Å². The highest BCUT2D eigenvalue weighted by molar-refractivity contribution is 6.31. The topological polar surface area (TPSA) is 17.1 Å². The quantitative estimate of drug-likeness (QED) is 0.669. The van der Waals surface area contributed by atoms with Crippen molar-refractivity contribution in [3.8, 4) is 0 Å². The fraction of sp³-hybridized carbons (Fsp3) is 0.300. The smallest absolute Gasteiger partial charge is 0.150 e. The summed E-state index contributed by atoms with van der Waals surface area (Å²) in [5.41, 5.74) is 1.04. The third kappa shape index (κ3) is 2.07. The average Bonchev–Trinajstić information content (AvgIpc) is 2.01. The van der Waals surface area contributed by atoms with Gasteiger partial charge in [0.15, 0.2) is 0 Å². The summed E-state index contributed by atoms with van der Waals surface area (Å²) in [6.45, 7) is 3.82. The van der Waals surface area contributed by atoms with Crippen LogP contribution in [-0.4, -0.2) is 6.29 Å². The van der Waals surface area contributed by atoms with Crippen molar-refractivity contribution in [3.05, 3.63) is 34.1 Å². The van der Waals surface area contributed by atoms with Gasteiger partial charge in [0, 0.05) is 10.6 Å². The van der Waals surface area contributed by atoms with E-state index in [-0.39, 0.29) is 5.92 Å². The van der Waals surface area contributed by atoms with E-state index in [2.05, 4.69) is 0 Å². The molecular formula is C10H10ClFO. The van der Waals surface area contributed by atoms with E-state index < -0.39 is 5.82 Å². The van der Waals surface area contributed by atoms with Gasteiger partial charge >= 0.3 is 0 Å². The molecular weight excluding hydrogens is 191 g/mol. The van der Waals surface area contributed by atoms with E-state index in [0.717, 1.165) is 0 Å². The van der Waals surface area contributed by atoms with Crippen molar-refractivity contribution in [1.29, 1.82) is 0 Å². The molecule has 0 atom stereocenters. The van der Waals surface area contributed by atoms with Crippen molar-refractivity contribution in [2.24, 2.45) is 0 Å². The number of carbonyl (C=O) groups is 1. The molecule has 0 amide bonds. The van der Waals surface area contributed by atoms with Gasteiger partial charge in [-0.25, -0.2) is 4.39 Å². The molecule has 0 heterocycles. The predicted octanol–water partition coefficient (Wildman–Crippen LogP) is 3.42. The van der Waals surface area contributed by atoms with E-state index in [1.807, 2.05) is 13.8 Å². The lowest BCUT2D eigenvalue weighted by Crippen LogP contribution is -1.97. The van der Waals surface area contributed by atoms with E-state index in [9.17, 15) is 9.18 Å². The van der Waals surface area contributed by atoms with Crippen LogP contribution in [0.15, 0.2) is 12.1 Å². The Labute approximate surface area is 81.5 Å². The molecule has 0 bridgehead atoms. The molecule has 13 heavy (non-hydrogen) atoms. The Hall–Kier alpha value is -0.890. The lowest BCUT2D eigenvalue weighted by Gasteiger charge is -2.10. The number of rotatable bonds is 2. The average molecular weight is 201 g/mol. The van der Waals surface area contributed by atoms with Crippen molar-refractivity contribution >= 4 is 17.9 Å². The van der Waals surface area contributed by atoms with Gasteiger partial charge in [0.1, 0.15) is 12.1 Å². The summed E-state index contributed by atoms with van der Waals surface area (Å²) in [7, 11) is 0. The summed E-state index contributed by atoms with van der Waals surface area (Å²) in [5.74, 6) is -0.357. The maximum atomic E-state index is 12.8. The zero-order valence-corrected chi connectivity index (χ0v) is 8.23. The van der Waals surface area contributed by atoms with Gasteiger partial charge in [-0.1, -0.05) is 25.4 Å². The van der Waals surface area contributed by atoms with Gasteiger partial charge in [-0.05, 0) is 23.6 Å². The van der Waals surface area contributed by atoms with Crippen LogP contribution in [-0.2, 0) is 0 Å². The second kappa shape index (κ2) is 3.88. The summed E-state index contributed by atoms with van der Waals surface area (Å²) in [6, 6.07) is 2.43. The minimum Gasteiger partial charge on any atom is -0.298 e. The molecule has 0 fully saturated rings. The van der Waals surface area contributed by atoms with Crippen molar-refractivity contribution in [3.63, 3.8) is 0 Å². The minimum absolute atomic E-state index is 0.119. The monoisotopic (exact) mass is 200 g/mol. The summed E-state index contributed by atoms with van der Waals surface area (Å²) < 4.78 is 12.8. The van der Waals surface area contributed by atoms with E-state index in [1.165, 1.54) is 12.1 Å². The number of hydrogen-bond acceptors (Lipinski definition) is 1. The maximum Gasteiger partial charge on any atom is 0.150 e. The first-order chi connectivity index (χ1) is 6.06. The van der Waals surface area contributed by atoms with Gasteiger partial charge in [0.25, 0.3) is 0 Å². The van der Waals surface area contributed by atoms with Crippen molar-refractivity contribution < 1.29 is 9.18 Å². The molecule has 1 nitrogen and oxygen atoms in total. The second-order valence-electron chi connectivity index (χ2n) is 3.16. The first kappa shape index (κ1) is 10.2. The van der Waals surface area contributed by atoms with Crippen LogP contribution in [0.25, 0.3) is 0 Å². The zero-order chi connectivity index (χ0) is 10.0. The first-order valence-corrected chi connectivity index (χ1v) is 4.38. The highest BCUT2D eigenvalue weighted by Crippen LogP contribution is 2.27. The molecule has 0 spiro atoms. The number of benzene rings is 1. The Bertz CT molecular complexity index is 334. The standard InChI is InChI=1S/C10H10ClFO/c1-6(2)10-7(5-13)3-8(12)4-9(10)11/h3-6H,1-2H3. The third-order valence-corrected chi connectivity index (χ3v) is 2.14. The summed E-state index contributed by atoms with van der Waals surface area (Å²) in [6.07, 6.45) is 0.629. The third-order valence-electron chi connectivity index (χ3n) is 1.83. The minimum atomic E-state index is -0.475. The van der Waals surface area contributed by atoms with E-state index in [1.54, 1.807) is 0 Å². The molecule has 70 valence electrons. The van der Waals surface area contributed by atoms with Crippen LogP contribution in [0, 0.1) is 5.82 Å². The summed E-state index contributed by atoms with van der Waals surface area (Å²) in [4.78, 5) is 10.6. The Morgan fingerprint density at radius 2 is 2.08 bits per heavy atom. The number of hydrogen-bond donors (Lipinski definition) is 0. The van der Waals surface area contributed by atoms with Crippen LogP contribution in [0.1, 0.15) is 35.7 Å². The van der Waals surface area contributed by atoms with Gasteiger partial charge in [-0.3, -0.25) is 4.79 Å². The van der Waals surface area contributed by atoms with Crippen LogP contribution in [0.2, 0.25) is 5.02 Å². The van der Waals surface area contributed by atoms with Gasteiger partial charge < -0.3 is 0 Å². The fourth-order valence-corrected chi connectivity index (χ4v) is 1.74. The normalized spacial score (nSPS) is 10.5. The molecule has 0 aliphatic rings. The molecule has 1 aromatic carbocycles. The maximum absolute atomic E-state index is 12.8. The van der Waals surface area contributed by atoms with Crippen LogP contribution in [0.3, 0.4) is 0 Å². The summed E-state index contributed by atoms with van der Waals surface area (Å²) >= 11 is 5.81. The largest absolute Gasteiger partial charge is 0.298 e. The Kier molecular flexibility index (Phi) is 3.04. The number of halogens is 2. The highest BCUT2D eigenvalue weighted by atomic mass is 35.5. The first-order valence-electron chi connectivity index (χ1n) is 4.00. The lowest BCUT2D eigenvalue weighted by atomic mass is 9.98. The summed E-state index contributed by atoms with van der Waals surface area (Å²) in [5, 5.41) is 0.317. The molecule has 0 N–H and O–H groups in total. The zero-order valence-electron chi connectivity index (χ0n) is 7.47. The van der Waals surface area contributed by atoms with Crippen LogP contribution in [0.5, 0.6) is 0 Å². The van der Waals surface area contributed by atoms with Gasteiger partial charge in [0.2, 0.25) is 0 Å². The molecule has 1 rings (SSSR count). The molecule has 0 aliphatic heterocycles. The van der Waals surface area contributed by atoms with Crippen LogP contribution >= 0.6 is 11.6 Å². The Morgan fingerprint density at radius 3 is 2.54 bits per heavy atom. The molecule has 0 saturated carbocycles. The highest BCUT2D eigenvalue weighted by Gasteiger charge is 2.12.